The summed E-state index contributed by atoms with van der Waals surface area (Å²) in [4.78, 5) is 22.5. The predicted octanol–water partition coefficient (Wildman–Crippen LogP) is 2.08. The van der Waals surface area contributed by atoms with Crippen molar-refractivity contribution in [1.29, 1.82) is 0 Å². The van der Waals surface area contributed by atoms with Crippen LogP contribution in [0.1, 0.15) is 53.0 Å². The monoisotopic (exact) mass is 337 g/mol. The molecule has 2 saturated heterocycles. The van der Waals surface area contributed by atoms with E-state index in [-0.39, 0.29) is 12.0 Å². The Bertz CT molecular complexity index is 552. The Morgan fingerprint density at radius 3 is 2.70 bits per heavy atom. The molecule has 0 radical (unpaired) electrons. The maximum Gasteiger partial charge on any atom is 0.265 e. The van der Waals surface area contributed by atoms with Crippen molar-refractivity contribution >= 4 is 17.2 Å². The van der Waals surface area contributed by atoms with Gasteiger partial charge in [0.15, 0.2) is 0 Å². The summed E-state index contributed by atoms with van der Waals surface area (Å²) in [7, 11) is 0. The Morgan fingerprint density at radius 1 is 1.30 bits per heavy atom. The topological polar surface area (TPSA) is 56.7 Å². The summed E-state index contributed by atoms with van der Waals surface area (Å²) in [5, 5.41) is 10.8. The highest BCUT2D eigenvalue weighted by molar-refractivity contribution is 7.13. The fourth-order valence-electron chi connectivity index (χ4n) is 3.77. The van der Waals surface area contributed by atoms with E-state index in [0.29, 0.717) is 6.04 Å². The number of hydrogen-bond donors (Lipinski definition) is 1. The van der Waals surface area contributed by atoms with Gasteiger partial charge < -0.3 is 10.0 Å². The molecule has 128 valence electrons. The third kappa shape index (κ3) is 3.75. The van der Waals surface area contributed by atoms with E-state index in [0.717, 1.165) is 73.9 Å². The molecule has 23 heavy (non-hydrogen) atoms. The lowest BCUT2D eigenvalue weighted by Crippen LogP contribution is -2.50. The summed E-state index contributed by atoms with van der Waals surface area (Å²) in [6.07, 6.45) is 4.68. The maximum atomic E-state index is 12.8. The number of likely N-dealkylation sites (tertiary alicyclic amines) is 2. The quantitative estimate of drug-likeness (QED) is 0.917. The molecular formula is C17H27N3O2S. The Labute approximate surface area is 142 Å². The average Bonchev–Trinajstić information content (AvgIpc) is 2.95. The number of piperidine rings is 2. The smallest absolute Gasteiger partial charge is 0.265 e. The first-order valence-corrected chi connectivity index (χ1v) is 9.57. The molecule has 0 aromatic carbocycles. The third-order valence-electron chi connectivity index (χ3n) is 5.03. The van der Waals surface area contributed by atoms with Crippen molar-refractivity contribution in [1.82, 2.24) is 14.8 Å². The van der Waals surface area contributed by atoms with Gasteiger partial charge in [0.25, 0.3) is 5.91 Å². The SMILES string of the molecule is CCc1nc(C)sc1C(=O)N1CCC(N2CCC[C@H](O)C2)CC1. The van der Waals surface area contributed by atoms with Gasteiger partial charge in [0.05, 0.1) is 16.8 Å². The fraction of sp³-hybridized carbons (Fsp3) is 0.765. The van der Waals surface area contributed by atoms with Crippen LogP contribution in [0.25, 0.3) is 0 Å². The Kier molecular flexibility index (Phi) is 5.34. The number of thiazole rings is 1. The first kappa shape index (κ1) is 16.9. The van der Waals surface area contributed by atoms with Crippen LogP contribution in [0.4, 0.5) is 0 Å². The zero-order valence-corrected chi connectivity index (χ0v) is 14.9. The molecule has 1 atom stereocenters. The minimum atomic E-state index is -0.171. The van der Waals surface area contributed by atoms with Crippen LogP contribution in [-0.4, -0.2) is 64.1 Å². The van der Waals surface area contributed by atoms with Gasteiger partial charge in [-0.2, -0.15) is 0 Å². The van der Waals surface area contributed by atoms with Gasteiger partial charge in [-0.15, -0.1) is 11.3 Å². The molecule has 2 aliphatic heterocycles. The number of amides is 1. The molecule has 1 aromatic heterocycles. The number of β-amino-alcohol motifs (C(OH)–C–C–N with tert-alkyl or cyclic N) is 1. The number of aliphatic hydroxyl groups excluding tert-OH is 1. The van der Waals surface area contributed by atoms with E-state index in [1.54, 1.807) is 0 Å². The maximum absolute atomic E-state index is 12.8. The summed E-state index contributed by atoms with van der Waals surface area (Å²) in [5.41, 5.74) is 0.943. The van der Waals surface area contributed by atoms with E-state index >= 15 is 0 Å². The van der Waals surface area contributed by atoms with Gasteiger partial charge in [-0.25, -0.2) is 4.98 Å². The van der Waals surface area contributed by atoms with Gasteiger partial charge in [0.2, 0.25) is 0 Å². The Morgan fingerprint density at radius 2 is 2.04 bits per heavy atom. The molecule has 1 N–H and O–H groups in total. The second-order valence-electron chi connectivity index (χ2n) is 6.68. The van der Waals surface area contributed by atoms with Crippen molar-refractivity contribution in [2.45, 2.75) is 58.1 Å². The second kappa shape index (κ2) is 7.28. The van der Waals surface area contributed by atoms with Gasteiger partial charge in [0, 0.05) is 25.7 Å². The number of nitrogens with zero attached hydrogens (tertiary/aromatic N) is 3. The van der Waals surface area contributed by atoms with Crippen LogP contribution >= 0.6 is 11.3 Å². The molecule has 1 aromatic rings. The van der Waals surface area contributed by atoms with E-state index < -0.39 is 0 Å². The molecule has 1 amide bonds. The van der Waals surface area contributed by atoms with Crippen molar-refractivity contribution in [2.24, 2.45) is 0 Å². The molecule has 3 rings (SSSR count). The summed E-state index contributed by atoms with van der Waals surface area (Å²) in [6.45, 7) is 7.54. The van der Waals surface area contributed by atoms with Gasteiger partial charge in [-0.05, 0) is 45.6 Å². The number of hydrogen-bond acceptors (Lipinski definition) is 5. The molecule has 0 bridgehead atoms. The lowest BCUT2D eigenvalue weighted by atomic mass is 9.99. The Balaban J connectivity index is 1.59. The highest BCUT2D eigenvalue weighted by atomic mass is 32.1. The van der Waals surface area contributed by atoms with Crippen LogP contribution in [0.5, 0.6) is 0 Å². The van der Waals surface area contributed by atoms with Gasteiger partial charge in [0.1, 0.15) is 4.88 Å². The van der Waals surface area contributed by atoms with E-state index in [2.05, 4.69) is 16.8 Å². The van der Waals surface area contributed by atoms with Gasteiger partial charge in [-0.3, -0.25) is 9.69 Å². The van der Waals surface area contributed by atoms with Crippen molar-refractivity contribution in [3.63, 3.8) is 0 Å². The largest absolute Gasteiger partial charge is 0.392 e. The van der Waals surface area contributed by atoms with E-state index in [9.17, 15) is 9.90 Å². The number of carbonyl (C=O) groups excluding carboxylic acids is 1. The van der Waals surface area contributed by atoms with Gasteiger partial charge >= 0.3 is 0 Å². The summed E-state index contributed by atoms with van der Waals surface area (Å²) in [5.74, 6) is 0.157. The second-order valence-corrected chi connectivity index (χ2v) is 7.88. The molecular weight excluding hydrogens is 310 g/mol. The minimum absolute atomic E-state index is 0.157. The number of aliphatic hydroxyl groups is 1. The lowest BCUT2D eigenvalue weighted by molar-refractivity contribution is 0.0241. The number of aryl methyl sites for hydroxylation is 2. The van der Waals surface area contributed by atoms with Crippen LogP contribution in [-0.2, 0) is 6.42 Å². The third-order valence-corrected chi connectivity index (χ3v) is 6.03. The van der Waals surface area contributed by atoms with Crippen molar-refractivity contribution in [3.8, 4) is 0 Å². The van der Waals surface area contributed by atoms with E-state index in [4.69, 9.17) is 0 Å². The molecule has 0 unspecified atom stereocenters. The van der Waals surface area contributed by atoms with Crippen LogP contribution in [0.15, 0.2) is 0 Å². The van der Waals surface area contributed by atoms with Crippen molar-refractivity contribution < 1.29 is 9.90 Å². The predicted molar refractivity (Wildman–Crippen MR) is 92.0 cm³/mol. The molecule has 2 aliphatic rings. The average molecular weight is 337 g/mol. The number of carbonyl (C=O) groups is 1. The van der Waals surface area contributed by atoms with Crippen molar-refractivity contribution in [3.05, 3.63) is 15.6 Å². The van der Waals surface area contributed by atoms with Crippen LogP contribution in [0.2, 0.25) is 0 Å². The molecule has 0 spiro atoms. The molecule has 6 heteroatoms. The summed E-state index contributed by atoms with van der Waals surface area (Å²) >= 11 is 1.52. The molecule has 0 saturated carbocycles. The fourth-order valence-corrected chi connectivity index (χ4v) is 4.75. The number of rotatable bonds is 3. The Hall–Kier alpha value is -0.980. The first-order valence-electron chi connectivity index (χ1n) is 8.76. The van der Waals surface area contributed by atoms with E-state index in [1.165, 1.54) is 11.3 Å². The highest BCUT2D eigenvalue weighted by Gasteiger charge is 2.31. The zero-order chi connectivity index (χ0) is 16.4. The normalized spacial score (nSPS) is 24.1. The van der Waals surface area contributed by atoms with Crippen LogP contribution < -0.4 is 0 Å². The molecule has 3 heterocycles. The molecule has 5 nitrogen and oxygen atoms in total. The number of aromatic nitrogens is 1. The standard InChI is InChI=1S/C17H27N3O2S/c1-3-15-16(23-12(2)18-15)17(22)19-9-6-13(7-10-19)20-8-4-5-14(21)11-20/h13-14,21H,3-11H2,1-2H3/t14-/m0/s1. The van der Waals surface area contributed by atoms with Crippen molar-refractivity contribution in [2.75, 3.05) is 26.2 Å². The first-order chi connectivity index (χ1) is 11.1. The van der Waals surface area contributed by atoms with Crippen LogP contribution in [0.3, 0.4) is 0 Å². The molecule has 0 aliphatic carbocycles. The zero-order valence-electron chi connectivity index (χ0n) is 14.1. The summed E-state index contributed by atoms with van der Waals surface area (Å²) < 4.78 is 0. The lowest BCUT2D eigenvalue weighted by Gasteiger charge is -2.41. The van der Waals surface area contributed by atoms with Gasteiger partial charge in [-0.1, -0.05) is 6.92 Å². The summed E-state index contributed by atoms with van der Waals surface area (Å²) in [6, 6.07) is 0.517. The van der Waals surface area contributed by atoms with E-state index in [1.807, 2.05) is 11.8 Å². The molecule has 2 fully saturated rings. The highest BCUT2D eigenvalue weighted by Crippen LogP contribution is 2.25. The van der Waals surface area contributed by atoms with Crippen LogP contribution in [0, 0.1) is 6.92 Å². The minimum Gasteiger partial charge on any atom is -0.392 e.